The van der Waals surface area contributed by atoms with E-state index >= 15 is 0 Å². The molecule has 1 atom stereocenters. The van der Waals surface area contributed by atoms with Crippen LogP contribution in [0.4, 0.5) is 5.69 Å². The predicted molar refractivity (Wildman–Crippen MR) is 85.4 cm³/mol. The third-order valence-corrected chi connectivity index (χ3v) is 4.62. The summed E-state index contributed by atoms with van der Waals surface area (Å²) in [4.78, 5) is 2.46. The Morgan fingerprint density at radius 2 is 2.19 bits per heavy atom. The van der Waals surface area contributed by atoms with Gasteiger partial charge in [0.2, 0.25) is 0 Å². The van der Waals surface area contributed by atoms with Crippen molar-refractivity contribution in [2.75, 3.05) is 11.4 Å². The Bertz CT molecular complexity index is 647. The SMILES string of the molecule is CCC(C)N1CCc2c1ccc(-c1cnn(C)c1)c2CO. The van der Waals surface area contributed by atoms with Crippen LogP contribution in [0.5, 0.6) is 0 Å². The lowest BCUT2D eigenvalue weighted by molar-refractivity contribution is 0.281. The Labute approximate surface area is 126 Å². The second kappa shape index (κ2) is 5.53. The van der Waals surface area contributed by atoms with Gasteiger partial charge < -0.3 is 10.0 Å². The Hall–Kier alpha value is -1.81. The van der Waals surface area contributed by atoms with Crippen LogP contribution in [0.15, 0.2) is 24.5 Å². The summed E-state index contributed by atoms with van der Waals surface area (Å²) in [5.74, 6) is 0. The Morgan fingerprint density at radius 1 is 1.38 bits per heavy atom. The van der Waals surface area contributed by atoms with Gasteiger partial charge in [0.25, 0.3) is 0 Å². The molecule has 1 aromatic heterocycles. The first kappa shape index (κ1) is 14.1. The third kappa shape index (κ3) is 2.33. The van der Waals surface area contributed by atoms with E-state index in [2.05, 4.69) is 36.0 Å². The number of fused-ring (bicyclic) bond motifs is 1. The normalized spacial score (nSPS) is 15.3. The largest absolute Gasteiger partial charge is 0.392 e. The van der Waals surface area contributed by atoms with E-state index in [-0.39, 0.29) is 6.61 Å². The van der Waals surface area contributed by atoms with Gasteiger partial charge in [-0.3, -0.25) is 4.68 Å². The molecule has 21 heavy (non-hydrogen) atoms. The van der Waals surface area contributed by atoms with Gasteiger partial charge in [-0.25, -0.2) is 0 Å². The molecule has 1 aliphatic rings. The molecule has 0 spiro atoms. The van der Waals surface area contributed by atoms with E-state index in [1.54, 1.807) is 4.68 Å². The van der Waals surface area contributed by atoms with Crippen LogP contribution in [0.2, 0.25) is 0 Å². The summed E-state index contributed by atoms with van der Waals surface area (Å²) < 4.78 is 1.80. The van der Waals surface area contributed by atoms with Gasteiger partial charge in [0.1, 0.15) is 0 Å². The van der Waals surface area contributed by atoms with Crippen LogP contribution in [0, 0.1) is 0 Å². The highest BCUT2D eigenvalue weighted by molar-refractivity contribution is 5.74. The number of benzene rings is 1. The number of hydrogen-bond acceptors (Lipinski definition) is 3. The number of nitrogens with zero attached hydrogens (tertiary/aromatic N) is 3. The molecule has 2 aromatic rings. The number of aliphatic hydroxyl groups is 1. The standard InChI is InChI=1S/C17H23N3O/c1-4-12(2)20-8-7-15-16(11-21)14(5-6-17(15)20)13-9-18-19(3)10-13/h5-6,9-10,12,21H,4,7-8,11H2,1-3H3. The third-order valence-electron chi connectivity index (χ3n) is 4.62. The summed E-state index contributed by atoms with van der Waals surface area (Å²) in [6.07, 6.45) is 6.02. The van der Waals surface area contributed by atoms with Crippen molar-refractivity contribution in [1.82, 2.24) is 9.78 Å². The minimum atomic E-state index is 0.0851. The molecule has 1 aromatic carbocycles. The van der Waals surface area contributed by atoms with Gasteiger partial charge in [-0.2, -0.15) is 5.10 Å². The number of aromatic nitrogens is 2. The first-order chi connectivity index (χ1) is 10.2. The Balaban J connectivity index is 2.07. The maximum Gasteiger partial charge on any atom is 0.0691 e. The molecular weight excluding hydrogens is 262 g/mol. The predicted octanol–water partition coefficient (Wildman–Crippen LogP) is 2.74. The van der Waals surface area contributed by atoms with Gasteiger partial charge in [-0.05, 0) is 42.5 Å². The molecule has 0 saturated carbocycles. The number of hydrogen-bond donors (Lipinski definition) is 1. The number of aryl methyl sites for hydroxylation is 1. The van der Waals surface area contributed by atoms with Gasteiger partial charge in [0.15, 0.2) is 0 Å². The smallest absolute Gasteiger partial charge is 0.0691 e. The second-order valence-corrected chi connectivity index (χ2v) is 5.85. The monoisotopic (exact) mass is 285 g/mol. The van der Waals surface area contributed by atoms with Crippen LogP contribution in [0.25, 0.3) is 11.1 Å². The van der Waals surface area contributed by atoms with Gasteiger partial charge >= 0.3 is 0 Å². The molecule has 112 valence electrons. The minimum absolute atomic E-state index is 0.0851. The van der Waals surface area contributed by atoms with E-state index in [1.165, 1.54) is 11.3 Å². The lowest BCUT2D eigenvalue weighted by atomic mass is 9.96. The zero-order chi connectivity index (χ0) is 15.0. The molecule has 0 radical (unpaired) electrons. The van der Waals surface area contributed by atoms with E-state index < -0.39 is 0 Å². The first-order valence-corrected chi connectivity index (χ1v) is 7.67. The summed E-state index contributed by atoms with van der Waals surface area (Å²) in [6, 6.07) is 4.87. The molecule has 2 heterocycles. The zero-order valence-corrected chi connectivity index (χ0v) is 13.0. The average Bonchev–Trinajstić information content (AvgIpc) is 3.11. The van der Waals surface area contributed by atoms with Crippen molar-refractivity contribution in [2.45, 2.75) is 39.3 Å². The lowest BCUT2D eigenvalue weighted by Crippen LogP contribution is -2.30. The number of anilines is 1. The van der Waals surface area contributed by atoms with Crippen LogP contribution in [0.1, 0.15) is 31.4 Å². The highest BCUT2D eigenvalue weighted by atomic mass is 16.3. The van der Waals surface area contributed by atoms with Crippen LogP contribution < -0.4 is 4.90 Å². The molecule has 1 unspecified atom stereocenters. The van der Waals surface area contributed by atoms with Crippen molar-refractivity contribution < 1.29 is 5.11 Å². The van der Waals surface area contributed by atoms with Crippen LogP contribution >= 0.6 is 0 Å². The van der Waals surface area contributed by atoms with Gasteiger partial charge in [0.05, 0.1) is 12.8 Å². The molecule has 0 fully saturated rings. The summed E-state index contributed by atoms with van der Waals surface area (Å²) in [6.45, 7) is 5.62. The van der Waals surface area contributed by atoms with E-state index in [1.807, 2.05) is 19.4 Å². The van der Waals surface area contributed by atoms with Crippen molar-refractivity contribution in [3.63, 3.8) is 0 Å². The molecule has 0 amide bonds. The van der Waals surface area contributed by atoms with Crippen LogP contribution in [-0.4, -0.2) is 27.5 Å². The van der Waals surface area contributed by atoms with Gasteiger partial charge in [0, 0.05) is 37.1 Å². The molecule has 4 nitrogen and oxygen atoms in total. The average molecular weight is 285 g/mol. The zero-order valence-electron chi connectivity index (χ0n) is 13.0. The summed E-state index contributed by atoms with van der Waals surface area (Å²) >= 11 is 0. The Kier molecular flexibility index (Phi) is 3.72. The summed E-state index contributed by atoms with van der Waals surface area (Å²) in [5.41, 5.74) is 5.84. The first-order valence-electron chi connectivity index (χ1n) is 7.67. The molecule has 1 N–H and O–H groups in total. The van der Waals surface area contributed by atoms with E-state index in [9.17, 15) is 5.11 Å². The van der Waals surface area contributed by atoms with Crippen molar-refractivity contribution in [3.8, 4) is 11.1 Å². The molecule has 4 heteroatoms. The van der Waals surface area contributed by atoms with E-state index in [0.29, 0.717) is 6.04 Å². The molecule has 3 rings (SSSR count). The molecule has 0 bridgehead atoms. The summed E-state index contributed by atoms with van der Waals surface area (Å²) in [7, 11) is 1.92. The highest BCUT2D eigenvalue weighted by Crippen LogP contribution is 2.38. The fraction of sp³-hybridized carbons (Fsp3) is 0.471. The van der Waals surface area contributed by atoms with E-state index in [0.717, 1.165) is 36.1 Å². The van der Waals surface area contributed by atoms with Crippen molar-refractivity contribution in [2.24, 2.45) is 7.05 Å². The fourth-order valence-corrected chi connectivity index (χ4v) is 3.27. The van der Waals surface area contributed by atoms with Gasteiger partial charge in [-0.1, -0.05) is 13.0 Å². The van der Waals surface area contributed by atoms with Crippen molar-refractivity contribution in [1.29, 1.82) is 0 Å². The highest BCUT2D eigenvalue weighted by Gasteiger charge is 2.26. The van der Waals surface area contributed by atoms with E-state index in [4.69, 9.17) is 0 Å². The Morgan fingerprint density at radius 3 is 2.81 bits per heavy atom. The molecule has 0 saturated heterocycles. The molecule has 1 aliphatic heterocycles. The molecular formula is C17H23N3O. The maximum absolute atomic E-state index is 9.89. The quantitative estimate of drug-likeness (QED) is 0.939. The molecule has 0 aliphatic carbocycles. The minimum Gasteiger partial charge on any atom is -0.392 e. The van der Waals surface area contributed by atoms with Gasteiger partial charge in [-0.15, -0.1) is 0 Å². The lowest BCUT2D eigenvalue weighted by Gasteiger charge is -2.26. The second-order valence-electron chi connectivity index (χ2n) is 5.85. The van der Waals surface area contributed by atoms with Crippen LogP contribution in [-0.2, 0) is 20.1 Å². The van der Waals surface area contributed by atoms with Crippen molar-refractivity contribution >= 4 is 5.69 Å². The fourth-order valence-electron chi connectivity index (χ4n) is 3.27. The topological polar surface area (TPSA) is 41.3 Å². The summed E-state index contributed by atoms with van der Waals surface area (Å²) in [5, 5.41) is 14.1. The van der Waals surface area contributed by atoms with Crippen LogP contribution in [0.3, 0.4) is 0 Å². The number of rotatable bonds is 4. The van der Waals surface area contributed by atoms with Crippen molar-refractivity contribution in [3.05, 3.63) is 35.7 Å². The number of aliphatic hydroxyl groups excluding tert-OH is 1. The maximum atomic E-state index is 9.89.